The molecule has 6 nitrogen and oxygen atoms in total. The lowest BCUT2D eigenvalue weighted by molar-refractivity contribution is -0.134. The van der Waals surface area contributed by atoms with Crippen molar-refractivity contribution >= 4 is 38.9 Å². The van der Waals surface area contributed by atoms with Crippen LogP contribution in [-0.4, -0.2) is 49.7 Å². The third kappa shape index (κ3) is 3.72. The minimum absolute atomic E-state index is 0.0175. The summed E-state index contributed by atoms with van der Waals surface area (Å²) in [6.07, 6.45) is 0.973. The van der Waals surface area contributed by atoms with E-state index in [1.54, 1.807) is 31.3 Å². The molecule has 1 aromatic rings. The minimum atomic E-state index is -3.04. The van der Waals surface area contributed by atoms with Gasteiger partial charge >= 0.3 is 0 Å². The maximum absolute atomic E-state index is 12.4. The molecule has 1 saturated heterocycles. The zero-order valence-corrected chi connectivity index (χ0v) is 14.8. The standard InChI is InChI=1S/C16H19ClN2O4S/c1-19(12-6-7-24(22,23)9-12)16(21)14-8-13(14)15(20)18-11-4-2-10(17)3-5-11/h2-5,12-14H,6-9H2,1H3,(H,18,20). The van der Waals surface area contributed by atoms with Gasteiger partial charge in [0, 0.05) is 23.8 Å². The van der Waals surface area contributed by atoms with Crippen molar-refractivity contribution in [2.45, 2.75) is 18.9 Å². The zero-order valence-electron chi connectivity index (χ0n) is 13.2. The molecule has 1 aliphatic heterocycles. The monoisotopic (exact) mass is 370 g/mol. The molecule has 2 amide bonds. The molecule has 3 unspecified atom stereocenters. The summed E-state index contributed by atoms with van der Waals surface area (Å²) in [6, 6.07) is 6.49. The molecule has 1 saturated carbocycles. The van der Waals surface area contributed by atoms with Gasteiger partial charge in [-0.05, 0) is 37.1 Å². The maximum atomic E-state index is 12.4. The summed E-state index contributed by atoms with van der Waals surface area (Å²) in [6.45, 7) is 0. The molecule has 0 bridgehead atoms. The minimum Gasteiger partial charge on any atom is -0.341 e. The Bertz CT molecular complexity index is 763. The van der Waals surface area contributed by atoms with E-state index in [1.807, 2.05) is 0 Å². The number of benzene rings is 1. The van der Waals surface area contributed by atoms with Crippen LogP contribution < -0.4 is 5.32 Å². The second-order valence-corrected chi connectivity index (χ2v) is 9.12. The molecule has 24 heavy (non-hydrogen) atoms. The van der Waals surface area contributed by atoms with Crippen LogP contribution in [0.1, 0.15) is 12.8 Å². The lowest BCUT2D eigenvalue weighted by Gasteiger charge is -2.23. The van der Waals surface area contributed by atoms with Crippen molar-refractivity contribution in [2.24, 2.45) is 11.8 Å². The highest BCUT2D eigenvalue weighted by molar-refractivity contribution is 7.91. The van der Waals surface area contributed by atoms with Crippen LogP contribution in [0.5, 0.6) is 0 Å². The first-order chi connectivity index (χ1) is 11.3. The Morgan fingerprint density at radius 1 is 1.21 bits per heavy atom. The first-order valence-corrected chi connectivity index (χ1v) is 10.0. The van der Waals surface area contributed by atoms with E-state index in [1.165, 1.54) is 4.90 Å². The lowest BCUT2D eigenvalue weighted by Crippen LogP contribution is -2.39. The Hall–Kier alpha value is -1.60. The van der Waals surface area contributed by atoms with Crippen molar-refractivity contribution in [2.75, 3.05) is 23.9 Å². The molecule has 1 heterocycles. The second-order valence-electron chi connectivity index (χ2n) is 6.45. The van der Waals surface area contributed by atoms with Gasteiger partial charge in [0.1, 0.15) is 0 Å². The molecule has 130 valence electrons. The summed E-state index contributed by atoms with van der Waals surface area (Å²) in [5.74, 6) is -0.903. The highest BCUT2D eigenvalue weighted by atomic mass is 35.5. The summed E-state index contributed by atoms with van der Waals surface area (Å²) in [5, 5.41) is 3.36. The molecule has 3 atom stereocenters. The van der Waals surface area contributed by atoms with Crippen LogP contribution in [0.25, 0.3) is 0 Å². The van der Waals surface area contributed by atoms with Gasteiger partial charge in [-0.1, -0.05) is 11.6 Å². The van der Waals surface area contributed by atoms with Crippen LogP contribution in [0.2, 0.25) is 5.02 Å². The van der Waals surface area contributed by atoms with Crippen molar-refractivity contribution < 1.29 is 18.0 Å². The lowest BCUT2D eigenvalue weighted by atomic mass is 10.2. The number of carbonyl (C=O) groups is 2. The molecular weight excluding hydrogens is 352 g/mol. The van der Waals surface area contributed by atoms with Gasteiger partial charge in [-0.3, -0.25) is 9.59 Å². The van der Waals surface area contributed by atoms with Gasteiger partial charge in [0.2, 0.25) is 11.8 Å². The summed E-state index contributed by atoms with van der Waals surface area (Å²) < 4.78 is 23.1. The number of rotatable bonds is 4. The summed E-state index contributed by atoms with van der Waals surface area (Å²) in [7, 11) is -1.41. The van der Waals surface area contributed by atoms with Crippen molar-refractivity contribution in [1.29, 1.82) is 0 Å². The Morgan fingerprint density at radius 3 is 2.46 bits per heavy atom. The van der Waals surface area contributed by atoms with Gasteiger partial charge in [0.05, 0.1) is 23.3 Å². The van der Waals surface area contributed by atoms with E-state index in [9.17, 15) is 18.0 Å². The van der Waals surface area contributed by atoms with Crippen LogP contribution in [0, 0.1) is 11.8 Å². The van der Waals surface area contributed by atoms with Gasteiger partial charge in [0.15, 0.2) is 9.84 Å². The van der Waals surface area contributed by atoms with E-state index < -0.39 is 9.84 Å². The molecule has 1 aliphatic carbocycles. The number of hydrogen-bond donors (Lipinski definition) is 1. The summed E-state index contributed by atoms with van der Waals surface area (Å²) in [4.78, 5) is 26.2. The molecule has 1 N–H and O–H groups in total. The van der Waals surface area contributed by atoms with E-state index >= 15 is 0 Å². The van der Waals surface area contributed by atoms with Gasteiger partial charge in [0.25, 0.3) is 0 Å². The van der Waals surface area contributed by atoms with Crippen LogP contribution in [0.15, 0.2) is 24.3 Å². The number of nitrogens with zero attached hydrogens (tertiary/aromatic N) is 1. The quantitative estimate of drug-likeness (QED) is 0.871. The number of halogens is 1. The van der Waals surface area contributed by atoms with Crippen LogP contribution in [-0.2, 0) is 19.4 Å². The molecule has 2 aliphatic rings. The van der Waals surface area contributed by atoms with Gasteiger partial charge in [-0.15, -0.1) is 0 Å². The van der Waals surface area contributed by atoms with Crippen molar-refractivity contribution in [1.82, 2.24) is 4.90 Å². The first-order valence-electron chi connectivity index (χ1n) is 7.80. The maximum Gasteiger partial charge on any atom is 0.228 e. The van der Waals surface area contributed by atoms with Crippen LogP contribution in [0.3, 0.4) is 0 Å². The topological polar surface area (TPSA) is 83.6 Å². The van der Waals surface area contributed by atoms with Gasteiger partial charge in [-0.2, -0.15) is 0 Å². The third-order valence-corrected chi connectivity index (χ3v) is 6.66. The van der Waals surface area contributed by atoms with E-state index in [0.717, 1.165) is 0 Å². The predicted octanol–water partition coefficient (Wildman–Crippen LogP) is 1.56. The fraction of sp³-hybridized carbons (Fsp3) is 0.500. The Labute approximate surface area is 146 Å². The normalized spacial score (nSPS) is 27.5. The van der Waals surface area contributed by atoms with Crippen LogP contribution in [0.4, 0.5) is 5.69 Å². The highest BCUT2D eigenvalue weighted by Crippen LogP contribution is 2.41. The summed E-state index contributed by atoms with van der Waals surface area (Å²) in [5.41, 5.74) is 0.637. The number of hydrogen-bond acceptors (Lipinski definition) is 4. The van der Waals surface area contributed by atoms with Crippen molar-refractivity contribution in [3.8, 4) is 0 Å². The van der Waals surface area contributed by atoms with Crippen molar-refractivity contribution in [3.05, 3.63) is 29.3 Å². The predicted molar refractivity (Wildman–Crippen MR) is 91.5 cm³/mol. The Kier molecular flexibility index (Phi) is 4.57. The fourth-order valence-corrected chi connectivity index (χ4v) is 4.95. The molecule has 8 heteroatoms. The highest BCUT2D eigenvalue weighted by Gasteiger charge is 2.50. The molecule has 2 fully saturated rings. The van der Waals surface area contributed by atoms with E-state index in [-0.39, 0.29) is 41.2 Å². The van der Waals surface area contributed by atoms with Gasteiger partial charge < -0.3 is 10.2 Å². The molecule has 3 rings (SSSR count). The van der Waals surface area contributed by atoms with E-state index in [0.29, 0.717) is 23.6 Å². The van der Waals surface area contributed by atoms with Gasteiger partial charge in [-0.25, -0.2) is 8.42 Å². The fourth-order valence-electron chi connectivity index (χ4n) is 3.05. The Morgan fingerprint density at radius 2 is 1.88 bits per heavy atom. The number of anilines is 1. The Balaban J connectivity index is 1.55. The molecule has 0 aromatic heterocycles. The largest absolute Gasteiger partial charge is 0.341 e. The first kappa shape index (κ1) is 17.2. The smallest absolute Gasteiger partial charge is 0.228 e. The van der Waals surface area contributed by atoms with E-state index in [2.05, 4.69) is 5.32 Å². The molecule has 0 spiro atoms. The number of amides is 2. The average Bonchev–Trinajstić information content (AvgIpc) is 3.25. The van der Waals surface area contributed by atoms with E-state index in [4.69, 9.17) is 11.6 Å². The molecule has 0 radical (unpaired) electrons. The second kappa shape index (κ2) is 6.37. The number of nitrogens with one attached hydrogen (secondary N) is 1. The zero-order chi connectivity index (χ0) is 17.5. The SMILES string of the molecule is CN(C(=O)C1CC1C(=O)Nc1ccc(Cl)cc1)C1CCS(=O)(=O)C1. The summed E-state index contributed by atoms with van der Waals surface area (Å²) >= 11 is 5.80. The molecule has 1 aromatic carbocycles. The third-order valence-electron chi connectivity index (χ3n) is 4.66. The average molecular weight is 371 g/mol. The van der Waals surface area contributed by atoms with Crippen LogP contribution >= 0.6 is 11.6 Å². The molecular formula is C16H19ClN2O4S. The number of carbonyl (C=O) groups excluding carboxylic acids is 2. The van der Waals surface area contributed by atoms with Crippen molar-refractivity contribution in [3.63, 3.8) is 0 Å². The number of sulfone groups is 1.